The molecule has 0 unspecified atom stereocenters. The van der Waals surface area contributed by atoms with E-state index in [4.69, 9.17) is 0 Å². The van der Waals surface area contributed by atoms with Crippen molar-refractivity contribution in [2.75, 3.05) is 43.1 Å². The molecule has 0 aliphatic carbocycles. The first-order valence-electron chi connectivity index (χ1n) is 7.97. The smallest absolute Gasteiger partial charge is 0.257 e. The van der Waals surface area contributed by atoms with Crippen LogP contribution in [0.2, 0.25) is 0 Å². The number of likely N-dealkylation sites (N-methyl/N-ethyl adjacent to an activating group) is 1. The zero-order chi connectivity index (χ0) is 18.2. The minimum atomic E-state index is -0.236. The van der Waals surface area contributed by atoms with Gasteiger partial charge in [0.25, 0.3) is 5.91 Å². The van der Waals surface area contributed by atoms with Gasteiger partial charge in [0.15, 0.2) is 0 Å². The van der Waals surface area contributed by atoms with Crippen molar-refractivity contribution < 1.29 is 9.59 Å². The highest BCUT2D eigenvalue weighted by atomic mass is 16.2. The Morgan fingerprint density at radius 2 is 1.64 bits per heavy atom. The van der Waals surface area contributed by atoms with Gasteiger partial charge in [0, 0.05) is 37.6 Å². The van der Waals surface area contributed by atoms with Crippen molar-refractivity contribution in [1.29, 1.82) is 0 Å². The Morgan fingerprint density at radius 1 is 1.00 bits per heavy atom. The number of pyridine rings is 1. The molecule has 0 bridgehead atoms. The van der Waals surface area contributed by atoms with Crippen molar-refractivity contribution in [1.82, 2.24) is 9.88 Å². The Labute approximate surface area is 147 Å². The maximum Gasteiger partial charge on any atom is 0.257 e. The minimum Gasteiger partial charge on any atom is -0.369 e. The highest BCUT2D eigenvalue weighted by Crippen LogP contribution is 2.15. The Morgan fingerprint density at radius 3 is 2.16 bits per heavy atom. The molecular formula is C18H23N5O2. The van der Waals surface area contributed by atoms with Gasteiger partial charge < -0.3 is 20.9 Å². The molecule has 7 heteroatoms. The van der Waals surface area contributed by atoms with Gasteiger partial charge >= 0.3 is 0 Å². The largest absolute Gasteiger partial charge is 0.369 e. The van der Waals surface area contributed by atoms with Crippen LogP contribution in [0.25, 0.3) is 0 Å². The van der Waals surface area contributed by atoms with Crippen LogP contribution in [0.15, 0.2) is 42.6 Å². The molecule has 2 aromatic rings. The summed E-state index contributed by atoms with van der Waals surface area (Å²) in [5.74, 6) is 0.361. The highest BCUT2D eigenvalue weighted by molar-refractivity contribution is 6.04. The maximum atomic E-state index is 12.2. The van der Waals surface area contributed by atoms with E-state index in [1.807, 2.05) is 14.1 Å². The summed E-state index contributed by atoms with van der Waals surface area (Å²) in [6, 6.07) is 10.4. The lowest BCUT2D eigenvalue weighted by Gasteiger charge is -2.11. The molecule has 0 saturated carbocycles. The summed E-state index contributed by atoms with van der Waals surface area (Å²) in [6.07, 6.45) is 1.54. The molecule has 0 radical (unpaired) electrons. The second-order valence-electron chi connectivity index (χ2n) is 5.87. The number of nitrogens with one attached hydrogen (secondary N) is 3. The van der Waals surface area contributed by atoms with Crippen LogP contribution in [0, 0.1) is 0 Å². The monoisotopic (exact) mass is 341 g/mol. The highest BCUT2D eigenvalue weighted by Gasteiger charge is 2.07. The number of hydrogen-bond acceptors (Lipinski definition) is 5. The molecule has 2 rings (SSSR count). The van der Waals surface area contributed by atoms with Crippen molar-refractivity contribution in [3.8, 4) is 0 Å². The molecule has 1 aromatic heterocycles. The van der Waals surface area contributed by atoms with Crippen LogP contribution in [0.1, 0.15) is 17.3 Å². The predicted octanol–water partition coefficient (Wildman–Crippen LogP) is 2.27. The van der Waals surface area contributed by atoms with E-state index in [0.29, 0.717) is 16.9 Å². The van der Waals surface area contributed by atoms with E-state index in [0.717, 1.165) is 18.9 Å². The second kappa shape index (κ2) is 8.79. The van der Waals surface area contributed by atoms with E-state index < -0.39 is 0 Å². The number of aromatic nitrogens is 1. The van der Waals surface area contributed by atoms with Gasteiger partial charge in [0.2, 0.25) is 5.91 Å². The molecule has 0 atom stereocenters. The van der Waals surface area contributed by atoms with E-state index >= 15 is 0 Å². The van der Waals surface area contributed by atoms with Crippen LogP contribution < -0.4 is 16.0 Å². The van der Waals surface area contributed by atoms with Gasteiger partial charge in [-0.2, -0.15) is 0 Å². The third kappa shape index (κ3) is 6.23. The van der Waals surface area contributed by atoms with E-state index in [2.05, 4.69) is 25.8 Å². The zero-order valence-electron chi connectivity index (χ0n) is 14.7. The summed E-state index contributed by atoms with van der Waals surface area (Å²) < 4.78 is 0. The van der Waals surface area contributed by atoms with Crippen LogP contribution in [0.4, 0.5) is 17.2 Å². The molecule has 0 aliphatic heterocycles. The molecule has 0 fully saturated rings. The minimum absolute atomic E-state index is 0.137. The molecule has 2 amide bonds. The standard InChI is InChI=1S/C18H23N5O2/c1-13(24)21-15-5-7-16(8-6-15)22-18(25)14-4-9-17(20-12-14)19-10-11-23(2)3/h4-9,12H,10-11H2,1-3H3,(H,19,20)(H,21,24)(H,22,25). The number of rotatable bonds is 7. The van der Waals surface area contributed by atoms with E-state index in [1.54, 1.807) is 42.6 Å². The Hall–Kier alpha value is -2.93. The van der Waals surface area contributed by atoms with Gasteiger partial charge in [-0.1, -0.05) is 0 Å². The van der Waals surface area contributed by atoms with Crippen molar-refractivity contribution >= 4 is 29.0 Å². The number of carbonyl (C=O) groups is 2. The molecule has 25 heavy (non-hydrogen) atoms. The lowest BCUT2D eigenvalue weighted by atomic mass is 10.2. The Kier molecular flexibility index (Phi) is 6.47. The fraction of sp³-hybridized carbons (Fsp3) is 0.278. The van der Waals surface area contributed by atoms with Gasteiger partial charge in [-0.15, -0.1) is 0 Å². The lowest BCUT2D eigenvalue weighted by molar-refractivity contribution is -0.114. The first-order valence-corrected chi connectivity index (χ1v) is 7.97. The Balaban J connectivity index is 1.90. The molecule has 0 spiro atoms. The van der Waals surface area contributed by atoms with Crippen molar-refractivity contribution in [3.05, 3.63) is 48.2 Å². The Bertz CT molecular complexity index is 711. The molecular weight excluding hydrogens is 318 g/mol. The summed E-state index contributed by atoms with van der Waals surface area (Å²) in [7, 11) is 4.01. The summed E-state index contributed by atoms with van der Waals surface area (Å²) in [5.41, 5.74) is 1.80. The van der Waals surface area contributed by atoms with Gasteiger partial charge in [0.1, 0.15) is 5.82 Å². The third-order valence-electron chi connectivity index (χ3n) is 3.35. The number of carbonyl (C=O) groups excluding carboxylic acids is 2. The predicted molar refractivity (Wildman–Crippen MR) is 100.0 cm³/mol. The average molecular weight is 341 g/mol. The normalized spacial score (nSPS) is 10.4. The quantitative estimate of drug-likeness (QED) is 0.719. The van der Waals surface area contributed by atoms with Crippen LogP contribution in [0.3, 0.4) is 0 Å². The summed E-state index contributed by atoms with van der Waals surface area (Å²) in [5, 5.41) is 8.67. The van der Waals surface area contributed by atoms with Crippen molar-refractivity contribution in [2.45, 2.75) is 6.92 Å². The number of hydrogen-bond donors (Lipinski definition) is 3. The van der Waals surface area contributed by atoms with Gasteiger partial charge in [-0.05, 0) is 50.5 Å². The fourth-order valence-corrected chi connectivity index (χ4v) is 2.08. The summed E-state index contributed by atoms with van der Waals surface area (Å²) >= 11 is 0. The third-order valence-corrected chi connectivity index (χ3v) is 3.35. The van der Waals surface area contributed by atoms with Gasteiger partial charge in [-0.3, -0.25) is 9.59 Å². The van der Waals surface area contributed by atoms with Crippen LogP contribution >= 0.6 is 0 Å². The number of benzene rings is 1. The van der Waals surface area contributed by atoms with Crippen LogP contribution in [-0.4, -0.2) is 48.9 Å². The van der Waals surface area contributed by atoms with Crippen molar-refractivity contribution in [2.24, 2.45) is 0 Å². The average Bonchev–Trinajstić information content (AvgIpc) is 2.56. The molecule has 1 heterocycles. The molecule has 1 aromatic carbocycles. The summed E-state index contributed by atoms with van der Waals surface area (Å²) in [6.45, 7) is 3.13. The SMILES string of the molecule is CC(=O)Nc1ccc(NC(=O)c2ccc(NCCN(C)C)nc2)cc1. The first-order chi connectivity index (χ1) is 11.9. The fourth-order valence-electron chi connectivity index (χ4n) is 2.08. The number of amides is 2. The molecule has 132 valence electrons. The van der Waals surface area contributed by atoms with E-state index in [-0.39, 0.29) is 11.8 Å². The number of anilines is 3. The van der Waals surface area contributed by atoms with Gasteiger partial charge in [0.05, 0.1) is 5.56 Å². The maximum absolute atomic E-state index is 12.2. The zero-order valence-corrected chi connectivity index (χ0v) is 14.7. The molecule has 7 nitrogen and oxygen atoms in total. The summed E-state index contributed by atoms with van der Waals surface area (Å²) in [4.78, 5) is 29.6. The molecule has 0 saturated heterocycles. The topological polar surface area (TPSA) is 86.4 Å². The lowest BCUT2D eigenvalue weighted by Crippen LogP contribution is -2.21. The first kappa shape index (κ1) is 18.4. The van der Waals surface area contributed by atoms with Crippen molar-refractivity contribution in [3.63, 3.8) is 0 Å². The van der Waals surface area contributed by atoms with E-state index in [9.17, 15) is 9.59 Å². The molecule has 0 aliphatic rings. The van der Waals surface area contributed by atoms with Crippen LogP contribution in [-0.2, 0) is 4.79 Å². The van der Waals surface area contributed by atoms with Crippen LogP contribution in [0.5, 0.6) is 0 Å². The number of nitrogens with zero attached hydrogens (tertiary/aromatic N) is 2. The van der Waals surface area contributed by atoms with Gasteiger partial charge in [-0.25, -0.2) is 4.98 Å². The van der Waals surface area contributed by atoms with E-state index in [1.165, 1.54) is 6.92 Å². The second-order valence-corrected chi connectivity index (χ2v) is 5.87. The molecule has 3 N–H and O–H groups in total.